The highest BCUT2D eigenvalue weighted by Crippen LogP contribution is 2.27. The smallest absolute Gasteiger partial charge is 0.335 e. The predicted molar refractivity (Wildman–Crippen MR) is 393 cm³/mol. The van der Waals surface area contributed by atoms with E-state index in [1.807, 2.05) is 55.4 Å². The van der Waals surface area contributed by atoms with Gasteiger partial charge in [0.1, 0.15) is 66.5 Å². The fourth-order valence-electron chi connectivity index (χ4n) is 12.7. The first-order valence-electron chi connectivity index (χ1n) is 36.3. The Morgan fingerprint density at radius 1 is 0.475 bits per heavy atom. The number of rotatable bonds is 25. The zero-order valence-corrected chi connectivity index (χ0v) is 65.8. The highest BCUT2D eigenvalue weighted by atomic mass is 32.2. The van der Waals surface area contributed by atoms with Gasteiger partial charge in [0.25, 0.3) is 0 Å². The van der Waals surface area contributed by atoms with Crippen molar-refractivity contribution >= 4 is 82.7 Å². The number of hydrogen-bond donors (Lipinski definition) is 7. The number of unbranched alkanes of at least 4 members (excludes halogenated alkanes) is 1. The van der Waals surface area contributed by atoms with Crippen molar-refractivity contribution in [2.24, 2.45) is 41.4 Å². The molecule has 26 nitrogen and oxygen atoms in total. The molecule has 0 spiro atoms. The number of carboxylic acids is 1. The lowest BCUT2D eigenvalue weighted by Crippen LogP contribution is -2.64. The Kier molecular flexibility index (Phi) is 38.1. The Bertz CT molecular complexity index is 2910. The van der Waals surface area contributed by atoms with E-state index < -0.39 is 161 Å². The molecule has 1 fully saturated rings. The lowest BCUT2D eigenvalue weighted by atomic mass is 9.89. The number of nitrogens with one attached hydrogen (secondary N) is 4. The van der Waals surface area contributed by atoms with Crippen molar-refractivity contribution in [1.82, 2.24) is 55.6 Å². The summed E-state index contributed by atoms with van der Waals surface area (Å²) in [7, 11) is 9.94. The van der Waals surface area contributed by atoms with Crippen molar-refractivity contribution in [3.8, 4) is 0 Å². The van der Waals surface area contributed by atoms with E-state index in [1.54, 1.807) is 53.7 Å². The summed E-state index contributed by atoms with van der Waals surface area (Å²) in [6, 6.07) is -7.86. The molecule has 11 amide bonds. The minimum absolute atomic E-state index is 0.00652. The molecule has 0 unspecified atom stereocenters. The van der Waals surface area contributed by atoms with Crippen molar-refractivity contribution in [1.29, 1.82) is 0 Å². The van der Waals surface area contributed by atoms with Gasteiger partial charge in [-0.15, -0.1) is 0 Å². The third-order valence-electron chi connectivity index (χ3n) is 19.3. The molecule has 1 aliphatic heterocycles. The van der Waals surface area contributed by atoms with E-state index in [0.29, 0.717) is 44.3 Å². The highest BCUT2D eigenvalue weighted by Gasteiger charge is 2.46. The summed E-state index contributed by atoms with van der Waals surface area (Å²) in [5, 5.41) is 42.9. The second-order valence-electron chi connectivity index (χ2n) is 30.2. The van der Waals surface area contributed by atoms with E-state index in [2.05, 4.69) is 21.3 Å². The molecule has 1 aliphatic rings. The number of thioether (sulfide) groups is 1. The molecule has 27 heteroatoms. The number of amides is 11. The lowest BCUT2D eigenvalue weighted by molar-refractivity contribution is -0.157. The van der Waals surface area contributed by atoms with Gasteiger partial charge in [0.2, 0.25) is 65.0 Å². The standard InChI is InChI=1S/C74H127N11O15S/c1-24-53-68(93)83(21)58(41-101-37-26-25-36-86)71(96)80(18)55(38-43(4)5)65(90)78-59(46(10)11)72(97)79(17)54(35-30-42(2)3)64(89)75-49(15)63(88)76-50(16)67(92)81(19)56(39-44(6)7)69(94)82(20)57(40-45(8)9)70(95)84(22)60(47(12)13)73(98)85(23)61(66(91)77-53)62(87)48(14)28-27-29-51-31-33-52(34-32-51)74(99)100/h31-34,42-50,53-62,86-87H,24-30,35-41H2,1-23H3,(H,75,89)(H,76,88)(H,77,91)(H,78,90)(H,99,100)/t48-,49-,50+,53+,54-,55+,56+,57+,58-,59-,60+,61+,62-/m1/s1. The van der Waals surface area contributed by atoms with Crippen molar-refractivity contribution in [2.75, 3.05) is 67.4 Å². The first kappa shape index (κ1) is 90.2. The maximum absolute atomic E-state index is 15.6. The molecular weight excluding hydrogens is 1310 g/mol. The van der Waals surface area contributed by atoms with Gasteiger partial charge in [0, 0.05) is 61.7 Å². The Morgan fingerprint density at radius 3 is 1.44 bits per heavy atom. The molecule has 0 radical (unpaired) electrons. The van der Waals surface area contributed by atoms with Crippen LogP contribution in [0.2, 0.25) is 0 Å². The Hall–Kier alpha value is -6.87. The third kappa shape index (κ3) is 26.4. The number of aromatic carboxylic acids is 1. The van der Waals surface area contributed by atoms with Crippen LogP contribution < -0.4 is 21.3 Å². The Morgan fingerprint density at radius 2 is 0.941 bits per heavy atom. The normalized spacial score (nSPS) is 25.1. The van der Waals surface area contributed by atoms with Crippen molar-refractivity contribution in [3.05, 3.63) is 35.4 Å². The number of aliphatic hydroxyl groups excluding tert-OH is 2. The Balaban J connectivity index is 3.13. The van der Waals surface area contributed by atoms with Crippen LogP contribution in [0.3, 0.4) is 0 Å². The molecule has 0 saturated carbocycles. The molecule has 1 aromatic rings. The number of carbonyl (C=O) groups is 12. The van der Waals surface area contributed by atoms with Gasteiger partial charge in [-0.3, -0.25) is 52.7 Å². The molecule has 2 rings (SSSR count). The monoisotopic (exact) mass is 1440 g/mol. The Labute approximate surface area is 606 Å². The fourth-order valence-corrected chi connectivity index (χ4v) is 13.9. The van der Waals surface area contributed by atoms with Crippen LogP contribution in [0.15, 0.2) is 24.3 Å². The first-order valence-corrected chi connectivity index (χ1v) is 37.4. The number of aryl methyl sites for hydroxylation is 1. The second-order valence-corrected chi connectivity index (χ2v) is 31.4. The molecule has 7 N–H and O–H groups in total. The largest absolute Gasteiger partial charge is 0.478 e. The van der Waals surface area contributed by atoms with E-state index in [9.17, 15) is 44.1 Å². The van der Waals surface area contributed by atoms with Crippen LogP contribution in [0.5, 0.6) is 0 Å². The van der Waals surface area contributed by atoms with Crippen molar-refractivity contribution in [3.63, 3.8) is 0 Å². The van der Waals surface area contributed by atoms with Crippen LogP contribution in [-0.2, 0) is 59.2 Å². The maximum Gasteiger partial charge on any atom is 0.335 e. The molecule has 13 atom stereocenters. The van der Waals surface area contributed by atoms with Crippen LogP contribution in [0, 0.1) is 41.4 Å². The molecule has 1 aromatic carbocycles. The summed E-state index contributed by atoms with van der Waals surface area (Å²) in [6.45, 7) is 28.1. The number of aliphatic hydroxyl groups is 2. The summed E-state index contributed by atoms with van der Waals surface area (Å²) < 4.78 is 0. The first-order chi connectivity index (χ1) is 47.0. The summed E-state index contributed by atoms with van der Waals surface area (Å²) in [5.41, 5.74) is 0.932. The zero-order chi connectivity index (χ0) is 77.4. The van der Waals surface area contributed by atoms with Crippen molar-refractivity contribution in [2.45, 2.75) is 254 Å². The van der Waals surface area contributed by atoms with Crippen LogP contribution in [0.4, 0.5) is 0 Å². The molecule has 0 aliphatic carbocycles. The maximum atomic E-state index is 15.6. The van der Waals surface area contributed by atoms with Gasteiger partial charge in [-0.1, -0.05) is 109 Å². The van der Waals surface area contributed by atoms with Gasteiger partial charge in [0.15, 0.2) is 0 Å². The summed E-state index contributed by atoms with van der Waals surface area (Å²) in [4.78, 5) is 185. The molecule has 1 heterocycles. The van der Waals surface area contributed by atoms with E-state index in [-0.39, 0.29) is 73.7 Å². The summed E-state index contributed by atoms with van der Waals surface area (Å²) in [6.07, 6.45) is 1.57. The highest BCUT2D eigenvalue weighted by molar-refractivity contribution is 7.99. The number of likely N-dealkylation sites (N-methyl/N-ethyl adjacent to an activating group) is 7. The van der Waals surface area contributed by atoms with E-state index >= 15 is 28.8 Å². The third-order valence-corrected chi connectivity index (χ3v) is 20.4. The van der Waals surface area contributed by atoms with Gasteiger partial charge in [-0.25, -0.2) is 4.79 Å². The molecule has 0 bridgehead atoms. The number of carbonyl (C=O) groups excluding carboxylic acids is 11. The average Bonchev–Trinajstić information content (AvgIpc) is 0.801. The minimum Gasteiger partial charge on any atom is -0.478 e. The molecule has 0 aromatic heterocycles. The summed E-state index contributed by atoms with van der Waals surface area (Å²) >= 11 is 1.34. The van der Waals surface area contributed by atoms with Gasteiger partial charge in [0.05, 0.1) is 11.7 Å². The topological polar surface area (TPSA) is 336 Å². The van der Waals surface area contributed by atoms with Gasteiger partial charge < -0.3 is 70.9 Å². The molecule has 101 heavy (non-hydrogen) atoms. The van der Waals surface area contributed by atoms with Crippen LogP contribution in [-0.4, -0.2) is 261 Å². The second kappa shape index (κ2) is 42.7. The minimum atomic E-state index is -1.72. The van der Waals surface area contributed by atoms with Crippen LogP contribution >= 0.6 is 11.8 Å². The predicted octanol–water partition coefficient (Wildman–Crippen LogP) is 5.29. The van der Waals surface area contributed by atoms with Crippen molar-refractivity contribution < 1.29 is 72.9 Å². The lowest BCUT2D eigenvalue weighted by Gasteiger charge is -2.41. The zero-order valence-electron chi connectivity index (χ0n) is 65.0. The van der Waals surface area contributed by atoms with Gasteiger partial charge in [-0.05, 0) is 149 Å². The van der Waals surface area contributed by atoms with E-state index in [4.69, 9.17) is 0 Å². The van der Waals surface area contributed by atoms with Gasteiger partial charge in [-0.2, -0.15) is 11.8 Å². The quantitative estimate of drug-likeness (QED) is 0.0612. The molecular formula is C74H127N11O15S. The van der Waals surface area contributed by atoms with Gasteiger partial charge >= 0.3 is 5.97 Å². The number of hydrogen-bond acceptors (Lipinski definition) is 15. The average molecular weight is 1440 g/mol. The molecule has 1 saturated heterocycles. The van der Waals surface area contributed by atoms with E-state index in [0.717, 1.165) is 10.5 Å². The molecule has 574 valence electrons. The number of benzene rings is 1. The SMILES string of the molecule is CC[C@@H]1NC(=O)[C@H]([C@H](O)[C@H](C)CCCc2ccc(C(=O)O)cc2)N(C)C(=O)[C@H](C(C)C)N(C)C(=O)[C@H](CC(C)C)N(C)C(=O)[C@H](CC(C)C)N(C)C(=O)[C@H](C)NC(=O)[C@@H](C)NC(=O)[C@@H](CCC(C)C)N(C)C(=O)[C@@H](C(C)C)NC(=O)[C@H](CC(C)C)N(C)C(=O)[C@@H](CSCCCCO)N(C)C1=O. The number of carboxylic acid groups (broad SMARTS) is 1. The van der Waals surface area contributed by atoms with E-state index in [1.165, 1.54) is 116 Å². The fraction of sp³-hybridized carbons (Fsp3) is 0.757. The van der Waals surface area contributed by atoms with Crippen LogP contribution in [0.1, 0.15) is 191 Å². The van der Waals surface area contributed by atoms with Crippen LogP contribution in [0.25, 0.3) is 0 Å². The number of nitrogens with zero attached hydrogens (tertiary/aromatic N) is 7. The summed E-state index contributed by atoms with van der Waals surface area (Å²) in [5.74, 6) is -10.8.